The zero-order valence-electron chi connectivity index (χ0n) is 14.5. The molecule has 0 radical (unpaired) electrons. The Morgan fingerprint density at radius 3 is 2.56 bits per heavy atom. The first-order valence-corrected chi connectivity index (χ1v) is 9.36. The van der Waals surface area contributed by atoms with Crippen molar-refractivity contribution in [1.82, 2.24) is 10.2 Å². The Kier molecular flexibility index (Phi) is 5.07. The molecular weight excluding hydrogens is 358 g/mol. The summed E-state index contributed by atoms with van der Waals surface area (Å²) in [5.74, 6) is 0.399. The van der Waals surface area contributed by atoms with Gasteiger partial charge in [-0.25, -0.2) is 0 Å². The molecule has 1 heterocycles. The highest BCUT2D eigenvalue weighted by Crippen LogP contribution is 2.21. The smallest absolute Gasteiger partial charge is 0.264 e. The molecule has 3 aromatic carbocycles. The molecule has 1 aromatic heterocycles. The van der Waals surface area contributed by atoms with Gasteiger partial charge in [-0.1, -0.05) is 72.0 Å². The van der Waals surface area contributed by atoms with Gasteiger partial charge < -0.3 is 4.74 Å². The van der Waals surface area contributed by atoms with Crippen molar-refractivity contribution in [2.45, 2.75) is 6.42 Å². The molecule has 1 amide bonds. The first-order valence-electron chi connectivity index (χ1n) is 8.54. The lowest BCUT2D eigenvalue weighted by molar-refractivity contribution is -0.118. The summed E-state index contributed by atoms with van der Waals surface area (Å²) >= 11 is 1.37. The number of carbonyl (C=O) groups excluding carboxylic acids is 1. The Morgan fingerprint density at radius 1 is 0.926 bits per heavy atom. The number of hydrogen-bond donors (Lipinski definition) is 1. The fourth-order valence-corrected chi connectivity index (χ4v) is 3.50. The van der Waals surface area contributed by atoms with Crippen LogP contribution in [-0.4, -0.2) is 22.7 Å². The van der Waals surface area contributed by atoms with Crippen LogP contribution in [0.1, 0.15) is 10.6 Å². The van der Waals surface area contributed by atoms with Crippen LogP contribution in [0.3, 0.4) is 0 Å². The third-order valence-corrected chi connectivity index (χ3v) is 4.84. The van der Waals surface area contributed by atoms with Crippen molar-refractivity contribution in [3.8, 4) is 5.75 Å². The average molecular weight is 375 g/mol. The molecule has 0 aliphatic rings. The topological polar surface area (TPSA) is 64.1 Å². The minimum atomic E-state index is -0.259. The Bertz CT molecular complexity index is 1060. The number of fused-ring (bicyclic) bond motifs is 1. The summed E-state index contributed by atoms with van der Waals surface area (Å²) in [5.41, 5.74) is 1.16. The highest BCUT2D eigenvalue weighted by atomic mass is 32.1. The number of rotatable bonds is 6. The fraction of sp³-hybridized carbons (Fsp3) is 0.0952. The molecule has 4 aromatic rings. The number of aromatic nitrogens is 2. The maximum Gasteiger partial charge on any atom is 0.264 e. The molecule has 4 rings (SSSR count). The first-order chi connectivity index (χ1) is 13.3. The third kappa shape index (κ3) is 4.48. The lowest BCUT2D eigenvalue weighted by Gasteiger charge is -2.06. The lowest BCUT2D eigenvalue weighted by Crippen LogP contribution is -2.20. The highest BCUT2D eigenvalue weighted by Gasteiger charge is 2.09. The van der Waals surface area contributed by atoms with Crippen molar-refractivity contribution in [3.63, 3.8) is 0 Å². The highest BCUT2D eigenvalue weighted by molar-refractivity contribution is 7.15. The third-order valence-electron chi connectivity index (χ3n) is 4.00. The van der Waals surface area contributed by atoms with Crippen molar-refractivity contribution in [3.05, 3.63) is 83.4 Å². The zero-order chi connectivity index (χ0) is 18.5. The second-order valence-electron chi connectivity index (χ2n) is 6.01. The van der Waals surface area contributed by atoms with E-state index < -0.39 is 0 Å². The zero-order valence-corrected chi connectivity index (χ0v) is 15.3. The van der Waals surface area contributed by atoms with E-state index in [-0.39, 0.29) is 12.5 Å². The Hall–Kier alpha value is -3.25. The molecule has 0 bridgehead atoms. The van der Waals surface area contributed by atoms with E-state index >= 15 is 0 Å². The number of nitrogens with zero attached hydrogens (tertiary/aromatic N) is 2. The van der Waals surface area contributed by atoms with Crippen LogP contribution in [0.15, 0.2) is 72.8 Å². The van der Waals surface area contributed by atoms with Crippen LogP contribution < -0.4 is 10.1 Å². The molecule has 0 unspecified atom stereocenters. The molecule has 0 atom stereocenters. The van der Waals surface area contributed by atoms with Crippen LogP contribution in [0.4, 0.5) is 5.13 Å². The Balaban J connectivity index is 1.32. The van der Waals surface area contributed by atoms with Crippen LogP contribution in [-0.2, 0) is 11.2 Å². The van der Waals surface area contributed by atoms with Gasteiger partial charge in [0.25, 0.3) is 5.91 Å². The quantitative estimate of drug-likeness (QED) is 0.546. The largest absolute Gasteiger partial charge is 0.484 e. The fourth-order valence-electron chi connectivity index (χ4n) is 2.71. The molecule has 0 aliphatic carbocycles. The molecule has 0 aliphatic heterocycles. The average Bonchev–Trinajstić information content (AvgIpc) is 3.13. The molecule has 6 heteroatoms. The Labute approximate surface area is 160 Å². The predicted octanol–water partition coefficient (Wildman–Crippen LogP) is 4.30. The van der Waals surface area contributed by atoms with Crippen LogP contribution in [0.25, 0.3) is 10.8 Å². The molecule has 0 spiro atoms. The van der Waals surface area contributed by atoms with E-state index in [1.54, 1.807) is 0 Å². The molecule has 0 saturated carbocycles. The van der Waals surface area contributed by atoms with Gasteiger partial charge in [-0.05, 0) is 28.5 Å². The number of nitrogens with one attached hydrogen (secondary N) is 1. The maximum absolute atomic E-state index is 12.1. The van der Waals surface area contributed by atoms with E-state index in [0.29, 0.717) is 17.3 Å². The molecule has 0 fully saturated rings. The summed E-state index contributed by atoms with van der Waals surface area (Å²) in [6.45, 7) is -0.0774. The molecule has 0 saturated heterocycles. The molecule has 27 heavy (non-hydrogen) atoms. The van der Waals surface area contributed by atoms with Crippen molar-refractivity contribution < 1.29 is 9.53 Å². The summed E-state index contributed by atoms with van der Waals surface area (Å²) < 4.78 is 5.59. The van der Waals surface area contributed by atoms with E-state index in [9.17, 15) is 4.79 Å². The van der Waals surface area contributed by atoms with Crippen molar-refractivity contribution in [2.75, 3.05) is 11.9 Å². The summed E-state index contributed by atoms with van der Waals surface area (Å²) in [5, 5.41) is 14.4. The van der Waals surface area contributed by atoms with E-state index in [0.717, 1.165) is 21.3 Å². The summed E-state index contributed by atoms with van der Waals surface area (Å²) in [7, 11) is 0. The second kappa shape index (κ2) is 7.97. The van der Waals surface area contributed by atoms with Crippen LogP contribution >= 0.6 is 11.3 Å². The SMILES string of the molecule is O=C(COc1ccc2ccccc2c1)Nc1nnc(Cc2ccccc2)s1. The maximum atomic E-state index is 12.1. The van der Waals surface area contributed by atoms with Gasteiger partial charge in [0.2, 0.25) is 5.13 Å². The van der Waals surface area contributed by atoms with Gasteiger partial charge in [0.1, 0.15) is 10.8 Å². The normalized spacial score (nSPS) is 10.7. The minimum absolute atomic E-state index is 0.0774. The molecular formula is C21H17N3O2S. The van der Waals surface area contributed by atoms with Gasteiger partial charge in [0, 0.05) is 6.42 Å². The first kappa shape index (κ1) is 17.2. The van der Waals surface area contributed by atoms with Gasteiger partial charge >= 0.3 is 0 Å². The van der Waals surface area contributed by atoms with Crippen molar-refractivity contribution in [2.24, 2.45) is 0 Å². The number of ether oxygens (including phenoxy) is 1. The van der Waals surface area contributed by atoms with Crippen LogP contribution in [0, 0.1) is 0 Å². The van der Waals surface area contributed by atoms with Gasteiger partial charge in [-0.15, -0.1) is 10.2 Å². The number of carbonyl (C=O) groups is 1. The molecule has 134 valence electrons. The minimum Gasteiger partial charge on any atom is -0.484 e. The lowest BCUT2D eigenvalue weighted by atomic mass is 10.1. The predicted molar refractivity (Wildman–Crippen MR) is 107 cm³/mol. The second-order valence-corrected chi connectivity index (χ2v) is 7.07. The summed E-state index contributed by atoms with van der Waals surface area (Å²) in [6.07, 6.45) is 0.696. The van der Waals surface area contributed by atoms with E-state index in [1.165, 1.54) is 11.3 Å². The van der Waals surface area contributed by atoms with E-state index in [1.807, 2.05) is 72.8 Å². The van der Waals surface area contributed by atoms with Crippen LogP contribution in [0.5, 0.6) is 5.75 Å². The van der Waals surface area contributed by atoms with Gasteiger partial charge in [0.05, 0.1) is 0 Å². The van der Waals surface area contributed by atoms with Crippen molar-refractivity contribution in [1.29, 1.82) is 0 Å². The van der Waals surface area contributed by atoms with E-state index in [2.05, 4.69) is 15.5 Å². The number of benzene rings is 3. The Morgan fingerprint density at radius 2 is 1.70 bits per heavy atom. The van der Waals surface area contributed by atoms with Gasteiger partial charge in [-0.2, -0.15) is 0 Å². The number of amides is 1. The summed E-state index contributed by atoms with van der Waals surface area (Å²) in [4.78, 5) is 12.1. The van der Waals surface area contributed by atoms with E-state index in [4.69, 9.17) is 4.74 Å². The van der Waals surface area contributed by atoms with Crippen molar-refractivity contribution >= 4 is 33.1 Å². The molecule has 1 N–H and O–H groups in total. The number of hydrogen-bond acceptors (Lipinski definition) is 5. The van der Waals surface area contributed by atoms with Gasteiger partial charge in [0.15, 0.2) is 6.61 Å². The monoisotopic (exact) mass is 375 g/mol. The summed E-state index contributed by atoms with van der Waals surface area (Å²) in [6, 6.07) is 23.8. The molecule has 5 nitrogen and oxygen atoms in total. The standard InChI is InChI=1S/C21H17N3O2S/c25-19(14-26-18-11-10-16-8-4-5-9-17(16)13-18)22-21-24-23-20(27-21)12-15-6-2-1-3-7-15/h1-11,13H,12,14H2,(H,22,24,25). The number of anilines is 1. The van der Waals surface area contributed by atoms with Crippen LogP contribution in [0.2, 0.25) is 0 Å². The van der Waals surface area contributed by atoms with Gasteiger partial charge in [-0.3, -0.25) is 10.1 Å².